The minimum Gasteiger partial charge on any atom is -0.496 e. The fourth-order valence-electron chi connectivity index (χ4n) is 3.95. The quantitative estimate of drug-likeness (QED) is 0.229. The number of ketones is 1. The minimum atomic E-state index is -4.12. The van der Waals surface area contributed by atoms with E-state index in [1.54, 1.807) is 51.1 Å². The molecule has 0 spiro atoms. The molecular formula is C26H28N4O6S. The lowest BCUT2D eigenvalue weighted by Gasteiger charge is -2.14. The predicted octanol–water partition coefficient (Wildman–Crippen LogP) is 3.49. The Balaban J connectivity index is 1.61. The first kappa shape index (κ1) is 26.0. The van der Waals surface area contributed by atoms with Crippen molar-refractivity contribution in [1.82, 2.24) is 19.6 Å². The molecule has 0 aliphatic heterocycles. The van der Waals surface area contributed by atoms with Gasteiger partial charge in [-0.15, -0.1) is 0 Å². The molecule has 0 fully saturated rings. The van der Waals surface area contributed by atoms with Crippen LogP contribution in [-0.4, -0.2) is 48.0 Å². The van der Waals surface area contributed by atoms with Gasteiger partial charge in [0.25, 0.3) is 0 Å². The van der Waals surface area contributed by atoms with Crippen LogP contribution in [0.2, 0.25) is 0 Å². The smallest absolute Gasteiger partial charge is 0.340 e. The zero-order valence-electron chi connectivity index (χ0n) is 21.3. The molecule has 0 amide bonds. The SMILES string of the molecule is COc1cccc(OC)c1Cn1nc(C)cc1C(=O)Cc1cnn(C)c1OS(=O)(=O)c1ccc(C)cc1. The molecule has 194 valence electrons. The normalized spacial score (nSPS) is 11.4. The predicted molar refractivity (Wildman–Crippen MR) is 136 cm³/mol. The van der Waals surface area contributed by atoms with Crippen LogP contribution in [0.15, 0.2) is 59.6 Å². The Hall–Kier alpha value is -4.12. The number of carbonyl (C=O) groups excluding carboxylic acids is 1. The molecule has 0 radical (unpaired) electrons. The Kier molecular flexibility index (Phi) is 7.35. The fraction of sp³-hybridized carbons (Fsp3) is 0.269. The number of aryl methyl sites for hydroxylation is 3. The highest BCUT2D eigenvalue weighted by atomic mass is 32.2. The second-order valence-electron chi connectivity index (χ2n) is 8.52. The number of methoxy groups -OCH3 is 2. The lowest BCUT2D eigenvalue weighted by atomic mass is 10.1. The van der Waals surface area contributed by atoms with Crippen molar-refractivity contribution < 1.29 is 26.9 Å². The van der Waals surface area contributed by atoms with Gasteiger partial charge in [0.15, 0.2) is 5.78 Å². The Morgan fingerprint density at radius 2 is 1.65 bits per heavy atom. The van der Waals surface area contributed by atoms with Gasteiger partial charge in [-0.2, -0.15) is 18.6 Å². The summed E-state index contributed by atoms with van der Waals surface area (Å²) in [7, 11) is 0.554. The van der Waals surface area contributed by atoms with Crippen LogP contribution in [0.5, 0.6) is 17.4 Å². The molecule has 2 heterocycles. The molecule has 10 nitrogen and oxygen atoms in total. The maximum atomic E-state index is 13.4. The number of benzene rings is 2. The van der Waals surface area contributed by atoms with Crippen molar-refractivity contribution in [3.05, 3.63) is 82.8 Å². The van der Waals surface area contributed by atoms with Gasteiger partial charge in [-0.3, -0.25) is 9.48 Å². The lowest BCUT2D eigenvalue weighted by molar-refractivity contribution is 0.0982. The van der Waals surface area contributed by atoms with Gasteiger partial charge >= 0.3 is 10.1 Å². The van der Waals surface area contributed by atoms with Crippen molar-refractivity contribution in [2.45, 2.75) is 31.7 Å². The first-order chi connectivity index (χ1) is 17.6. The van der Waals surface area contributed by atoms with Gasteiger partial charge in [0.05, 0.1) is 38.2 Å². The molecule has 0 atom stereocenters. The summed E-state index contributed by atoms with van der Waals surface area (Å²) in [6.07, 6.45) is 1.29. The molecule has 4 rings (SSSR count). The summed E-state index contributed by atoms with van der Waals surface area (Å²) in [5.74, 6) is 0.911. The summed E-state index contributed by atoms with van der Waals surface area (Å²) >= 11 is 0. The molecule has 0 aliphatic rings. The van der Waals surface area contributed by atoms with E-state index in [-0.39, 0.29) is 29.5 Å². The van der Waals surface area contributed by atoms with E-state index < -0.39 is 10.1 Å². The topological polar surface area (TPSA) is 115 Å². The zero-order chi connectivity index (χ0) is 26.7. The number of hydrogen-bond donors (Lipinski definition) is 0. The van der Waals surface area contributed by atoms with Crippen LogP contribution < -0.4 is 13.7 Å². The van der Waals surface area contributed by atoms with Crippen LogP contribution in [0, 0.1) is 13.8 Å². The number of carbonyl (C=O) groups is 1. The number of ether oxygens (including phenoxy) is 2. The maximum Gasteiger partial charge on any atom is 0.340 e. The molecule has 11 heteroatoms. The fourth-order valence-corrected chi connectivity index (χ4v) is 4.93. The van der Waals surface area contributed by atoms with Crippen molar-refractivity contribution in [1.29, 1.82) is 0 Å². The summed E-state index contributed by atoms with van der Waals surface area (Å²) in [6, 6.07) is 13.4. The van der Waals surface area contributed by atoms with Crippen LogP contribution in [-0.2, 0) is 30.1 Å². The summed E-state index contributed by atoms with van der Waals surface area (Å²) in [4.78, 5) is 13.4. The highest BCUT2D eigenvalue weighted by Crippen LogP contribution is 2.30. The van der Waals surface area contributed by atoms with Gasteiger partial charge in [-0.25, -0.2) is 4.68 Å². The van der Waals surface area contributed by atoms with E-state index in [0.717, 1.165) is 11.1 Å². The summed E-state index contributed by atoms with van der Waals surface area (Å²) in [5, 5.41) is 8.61. The van der Waals surface area contributed by atoms with Crippen molar-refractivity contribution in [3.8, 4) is 17.4 Å². The van der Waals surface area contributed by atoms with E-state index in [4.69, 9.17) is 13.7 Å². The van der Waals surface area contributed by atoms with Gasteiger partial charge in [0.2, 0.25) is 5.88 Å². The molecule has 0 aliphatic carbocycles. The van der Waals surface area contributed by atoms with Crippen LogP contribution in [0.4, 0.5) is 0 Å². The van der Waals surface area contributed by atoms with Crippen LogP contribution in [0.1, 0.15) is 32.9 Å². The van der Waals surface area contributed by atoms with E-state index in [9.17, 15) is 13.2 Å². The van der Waals surface area contributed by atoms with Crippen LogP contribution in [0.3, 0.4) is 0 Å². The first-order valence-corrected chi connectivity index (χ1v) is 12.8. The number of rotatable bonds is 10. The average molecular weight is 525 g/mol. The minimum absolute atomic E-state index is 0.0102. The number of nitrogens with zero attached hydrogens (tertiary/aromatic N) is 4. The third-order valence-electron chi connectivity index (χ3n) is 5.83. The highest BCUT2D eigenvalue weighted by molar-refractivity contribution is 7.87. The third-order valence-corrected chi connectivity index (χ3v) is 7.06. The summed E-state index contributed by atoms with van der Waals surface area (Å²) in [6.45, 7) is 3.89. The molecule has 2 aromatic carbocycles. The van der Waals surface area contributed by atoms with Crippen molar-refractivity contribution in [2.24, 2.45) is 7.05 Å². The number of aromatic nitrogens is 4. The van der Waals surface area contributed by atoms with Gasteiger partial charge in [-0.05, 0) is 44.2 Å². The Morgan fingerprint density at radius 3 is 2.27 bits per heavy atom. The monoisotopic (exact) mass is 524 g/mol. The second kappa shape index (κ2) is 10.5. The van der Waals surface area contributed by atoms with E-state index >= 15 is 0 Å². The Morgan fingerprint density at radius 1 is 1.00 bits per heavy atom. The Labute approximate surface area is 215 Å². The molecule has 0 saturated carbocycles. The highest BCUT2D eigenvalue weighted by Gasteiger charge is 2.25. The summed E-state index contributed by atoms with van der Waals surface area (Å²) < 4.78 is 45.0. The van der Waals surface area contributed by atoms with E-state index in [0.29, 0.717) is 28.5 Å². The van der Waals surface area contributed by atoms with Gasteiger partial charge < -0.3 is 13.7 Å². The maximum absolute atomic E-state index is 13.4. The van der Waals surface area contributed by atoms with E-state index in [1.165, 1.54) is 23.0 Å². The zero-order valence-corrected chi connectivity index (χ0v) is 22.1. The molecule has 0 unspecified atom stereocenters. The molecule has 4 aromatic rings. The Bertz CT molecular complexity index is 1520. The molecule has 37 heavy (non-hydrogen) atoms. The molecular weight excluding hydrogens is 496 g/mol. The van der Waals surface area contributed by atoms with Crippen LogP contribution >= 0.6 is 0 Å². The first-order valence-electron chi connectivity index (χ1n) is 11.4. The number of hydrogen-bond acceptors (Lipinski definition) is 8. The largest absolute Gasteiger partial charge is 0.496 e. The number of Topliss-reactive ketones (excluding diaryl/α,β-unsaturated/α-hetero) is 1. The van der Waals surface area contributed by atoms with Crippen molar-refractivity contribution in [3.63, 3.8) is 0 Å². The molecule has 0 saturated heterocycles. The third kappa shape index (κ3) is 5.51. The average Bonchev–Trinajstić information content (AvgIpc) is 3.41. The molecule has 0 N–H and O–H groups in total. The van der Waals surface area contributed by atoms with E-state index in [1.807, 2.05) is 25.1 Å². The summed E-state index contributed by atoms with van der Waals surface area (Å²) in [5.41, 5.74) is 2.99. The molecule has 2 aromatic heterocycles. The standard InChI is InChI=1S/C26H28N4O6S/c1-17-9-11-20(12-10-17)37(32,33)36-26-19(15-27-29(26)3)14-23(31)22-13-18(2)28-30(22)16-21-24(34-4)7-6-8-25(21)35-5/h6-13,15H,14,16H2,1-5H3. The van der Waals surface area contributed by atoms with Gasteiger partial charge in [0.1, 0.15) is 22.1 Å². The van der Waals surface area contributed by atoms with Crippen molar-refractivity contribution in [2.75, 3.05) is 14.2 Å². The van der Waals surface area contributed by atoms with Gasteiger partial charge in [-0.1, -0.05) is 23.8 Å². The van der Waals surface area contributed by atoms with Crippen molar-refractivity contribution >= 4 is 15.9 Å². The van der Waals surface area contributed by atoms with Gasteiger partial charge in [0, 0.05) is 19.0 Å². The van der Waals surface area contributed by atoms with E-state index in [2.05, 4.69) is 10.2 Å². The lowest BCUT2D eigenvalue weighted by Crippen LogP contribution is -2.16. The second-order valence-corrected chi connectivity index (χ2v) is 10.1. The van der Waals surface area contributed by atoms with Crippen LogP contribution in [0.25, 0.3) is 0 Å². The molecule has 0 bridgehead atoms.